The lowest BCUT2D eigenvalue weighted by Gasteiger charge is -2.24. The minimum Gasteiger partial charge on any atom is -0.367 e. The van der Waals surface area contributed by atoms with Crippen LogP contribution in [0, 0.1) is 0 Å². The van der Waals surface area contributed by atoms with Gasteiger partial charge in [-0.25, -0.2) is 0 Å². The Morgan fingerprint density at radius 1 is 1.16 bits per heavy atom. The van der Waals surface area contributed by atoms with E-state index in [1.165, 1.54) is 5.56 Å². The number of aldehydes is 1. The van der Waals surface area contributed by atoms with Gasteiger partial charge in [0.1, 0.15) is 6.29 Å². The number of hydrogen-bond acceptors (Lipinski definition) is 2. The quantitative estimate of drug-likeness (QED) is 0.767. The van der Waals surface area contributed by atoms with Crippen LogP contribution in [0.4, 0.5) is 5.69 Å². The van der Waals surface area contributed by atoms with Gasteiger partial charge in [-0.15, -0.1) is 0 Å². The van der Waals surface area contributed by atoms with Crippen molar-refractivity contribution in [1.82, 2.24) is 0 Å². The Hall–Kier alpha value is -1.61. The van der Waals surface area contributed by atoms with Gasteiger partial charge in [-0.05, 0) is 46.6 Å². The summed E-state index contributed by atoms with van der Waals surface area (Å²) in [4.78, 5) is 13.0. The van der Waals surface area contributed by atoms with Crippen molar-refractivity contribution in [3.8, 4) is 0 Å². The molecule has 19 heavy (non-hydrogen) atoms. The van der Waals surface area contributed by atoms with Gasteiger partial charge in [-0.1, -0.05) is 30.3 Å². The molecule has 0 N–H and O–H groups in total. The minimum atomic E-state index is 0.686. The van der Waals surface area contributed by atoms with E-state index in [1.54, 1.807) is 0 Å². The van der Waals surface area contributed by atoms with Crippen molar-refractivity contribution < 1.29 is 4.79 Å². The van der Waals surface area contributed by atoms with Crippen molar-refractivity contribution in [2.75, 3.05) is 11.4 Å². The molecule has 0 aromatic heterocycles. The molecule has 0 spiro atoms. The summed E-state index contributed by atoms with van der Waals surface area (Å²) in [5, 5.41) is 0. The highest BCUT2D eigenvalue weighted by Crippen LogP contribution is 2.28. The summed E-state index contributed by atoms with van der Waals surface area (Å²) in [6, 6.07) is 16.1. The lowest BCUT2D eigenvalue weighted by Crippen LogP contribution is -2.22. The molecule has 0 bridgehead atoms. The Morgan fingerprint density at radius 3 is 2.47 bits per heavy atom. The zero-order valence-electron chi connectivity index (χ0n) is 10.8. The molecule has 0 amide bonds. The highest BCUT2D eigenvalue weighted by atomic mass is 79.9. The fourth-order valence-electron chi connectivity index (χ4n) is 2.02. The van der Waals surface area contributed by atoms with E-state index in [2.05, 4.69) is 39.9 Å². The van der Waals surface area contributed by atoms with Crippen LogP contribution in [0.3, 0.4) is 0 Å². The third kappa shape index (κ3) is 3.44. The molecule has 0 radical (unpaired) electrons. The van der Waals surface area contributed by atoms with E-state index >= 15 is 0 Å². The number of carbonyl (C=O) groups excluding carboxylic acids is 1. The molecule has 0 aliphatic rings. The average molecular weight is 318 g/mol. The SMILES string of the molecule is CCN(Cc1ccccc1)c1ccc(C=O)cc1Br. The lowest BCUT2D eigenvalue weighted by atomic mass is 10.1. The van der Waals surface area contributed by atoms with Crippen molar-refractivity contribution in [2.24, 2.45) is 0 Å². The lowest BCUT2D eigenvalue weighted by molar-refractivity contribution is 0.112. The molecule has 0 saturated carbocycles. The van der Waals surface area contributed by atoms with Gasteiger partial charge in [-0.2, -0.15) is 0 Å². The van der Waals surface area contributed by atoms with Crippen LogP contribution in [-0.4, -0.2) is 12.8 Å². The van der Waals surface area contributed by atoms with Gasteiger partial charge >= 0.3 is 0 Å². The van der Waals surface area contributed by atoms with Gasteiger partial charge in [0.05, 0.1) is 5.69 Å². The van der Waals surface area contributed by atoms with E-state index in [0.717, 1.165) is 29.5 Å². The largest absolute Gasteiger partial charge is 0.367 e. The molecule has 0 saturated heterocycles. The molecular formula is C16H16BrNO. The molecule has 2 aromatic carbocycles. The summed E-state index contributed by atoms with van der Waals surface area (Å²) in [5.74, 6) is 0. The normalized spacial score (nSPS) is 10.2. The van der Waals surface area contributed by atoms with E-state index in [4.69, 9.17) is 0 Å². The predicted octanol–water partition coefficient (Wildman–Crippen LogP) is 4.29. The Morgan fingerprint density at radius 2 is 1.89 bits per heavy atom. The number of rotatable bonds is 5. The van der Waals surface area contributed by atoms with Crippen molar-refractivity contribution in [1.29, 1.82) is 0 Å². The first-order valence-corrected chi connectivity index (χ1v) is 7.07. The van der Waals surface area contributed by atoms with E-state index < -0.39 is 0 Å². The molecule has 2 nitrogen and oxygen atoms in total. The van der Waals surface area contributed by atoms with Gasteiger partial charge in [0, 0.05) is 23.1 Å². The number of anilines is 1. The monoisotopic (exact) mass is 317 g/mol. The van der Waals surface area contributed by atoms with Crippen LogP contribution in [0.25, 0.3) is 0 Å². The predicted molar refractivity (Wildman–Crippen MR) is 82.7 cm³/mol. The van der Waals surface area contributed by atoms with Crippen molar-refractivity contribution >= 4 is 27.9 Å². The average Bonchev–Trinajstić information content (AvgIpc) is 2.46. The third-order valence-corrected chi connectivity index (χ3v) is 3.68. The van der Waals surface area contributed by atoms with Crippen LogP contribution in [0.2, 0.25) is 0 Å². The molecule has 0 aliphatic heterocycles. The standard InChI is InChI=1S/C16H16BrNO/c1-2-18(11-13-6-4-3-5-7-13)16-9-8-14(12-19)10-15(16)17/h3-10,12H,2,11H2,1H3. The molecule has 2 aromatic rings. The molecule has 0 unspecified atom stereocenters. The smallest absolute Gasteiger partial charge is 0.150 e. The minimum absolute atomic E-state index is 0.686. The third-order valence-electron chi connectivity index (χ3n) is 3.05. The van der Waals surface area contributed by atoms with Gasteiger partial charge in [-0.3, -0.25) is 4.79 Å². The Labute approximate surface area is 122 Å². The summed E-state index contributed by atoms with van der Waals surface area (Å²) in [5.41, 5.74) is 3.07. The van der Waals surface area contributed by atoms with Gasteiger partial charge in [0.25, 0.3) is 0 Å². The van der Waals surface area contributed by atoms with E-state index in [1.807, 2.05) is 36.4 Å². The Balaban J connectivity index is 2.24. The first-order valence-electron chi connectivity index (χ1n) is 6.28. The van der Waals surface area contributed by atoms with Crippen LogP contribution in [-0.2, 0) is 6.54 Å². The number of benzene rings is 2. The van der Waals surface area contributed by atoms with Crippen molar-refractivity contribution in [3.05, 3.63) is 64.1 Å². The summed E-state index contributed by atoms with van der Waals surface area (Å²) < 4.78 is 0.954. The van der Waals surface area contributed by atoms with Crippen LogP contribution in [0.5, 0.6) is 0 Å². The summed E-state index contributed by atoms with van der Waals surface area (Å²) in [6.07, 6.45) is 0.863. The van der Waals surface area contributed by atoms with Crippen molar-refractivity contribution in [3.63, 3.8) is 0 Å². The van der Waals surface area contributed by atoms with Gasteiger partial charge < -0.3 is 4.90 Å². The highest BCUT2D eigenvalue weighted by Gasteiger charge is 2.09. The topological polar surface area (TPSA) is 20.3 Å². The fourth-order valence-corrected chi connectivity index (χ4v) is 2.67. The summed E-state index contributed by atoms with van der Waals surface area (Å²) >= 11 is 3.54. The Kier molecular flexibility index (Phi) is 4.74. The first kappa shape index (κ1) is 13.8. The second-order valence-electron chi connectivity index (χ2n) is 4.33. The highest BCUT2D eigenvalue weighted by molar-refractivity contribution is 9.10. The first-order chi connectivity index (χ1) is 9.24. The van der Waals surface area contributed by atoms with Crippen LogP contribution < -0.4 is 4.90 Å². The number of halogens is 1. The molecule has 3 heteroatoms. The maximum Gasteiger partial charge on any atom is 0.150 e. The molecular weight excluding hydrogens is 302 g/mol. The van der Waals surface area contributed by atoms with Gasteiger partial charge in [0.15, 0.2) is 0 Å². The second kappa shape index (κ2) is 6.53. The summed E-state index contributed by atoms with van der Waals surface area (Å²) in [7, 11) is 0. The van der Waals surface area contributed by atoms with E-state index in [-0.39, 0.29) is 0 Å². The van der Waals surface area contributed by atoms with Gasteiger partial charge in [0.2, 0.25) is 0 Å². The summed E-state index contributed by atoms with van der Waals surface area (Å²) in [6.45, 7) is 3.90. The van der Waals surface area contributed by atoms with E-state index in [9.17, 15) is 4.79 Å². The maximum atomic E-state index is 10.8. The molecule has 0 fully saturated rings. The van der Waals surface area contributed by atoms with Crippen LogP contribution in [0.1, 0.15) is 22.8 Å². The molecule has 0 heterocycles. The zero-order valence-corrected chi connectivity index (χ0v) is 12.4. The molecule has 0 atom stereocenters. The molecule has 98 valence electrons. The van der Waals surface area contributed by atoms with Crippen LogP contribution >= 0.6 is 15.9 Å². The number of carbonyl (C=O) groups is 1. The number of nitrogens with zero attached hydrogens (tertiary/aromatic N) is 1. The maximum absolute atomic E-state index is 10.8. The van der Waals surface area contributed by atoms with Crippen LogP contribution in [0.15, 0.2) is 53.0 Å². The zero-order chi connectivity index (χ0) is 13.7. The number of hydrogen-bond donors (Lipinski definition) is 0. The van der Waals surface area contributed by atoms with Crippen molar-refractivity contribution in [2.45, 2.75) is 13.5 Å². The second-order valence-corrected chi connectivity index (χ2v) is 5.18. The fraction of sp³-hybridized carbons (Fsp3) is 0.188. The molecule has 0 aliphatic carbocycles. The molecule has 2 rings (SSSR count). The van der Waals surface area contributed by atoms with E-state index in [0.29, 0.717) is 5.56 Å². The Bertz CT molecular complexity index is 554.